The van der Waals surface area contributed by atoms with Crippen LogP contribution in [-0.4, -0.2) is 58.6 Å². The van der Waals surface area contributed by atoms with E-state index in [9.17, 15) is 9.59 Å². The molecule has 27 heavy (non-hydrogen) atoms. The third-order valence-corrected chi connectivity index (χ3v) is 5.29. The van der Waals surface area contributed by atoms with E-state index in [1.165, 1.54) is 0 Å². The Hall–Kier alpha value is -2.02. The van der Waals surface area contributed by atoms with E-state index in [0.717, 1.165) is 28.2 Å². The first-order chi connectivity index (χ1) is 12.6. The molecule has 0 unspecified atom stereocenters. The minimum absolute atomic E-state index is 0.000642. The fraction of sp³-hybridized carbons (Fsp3) is 0.500. The number of nitrogens with zero attached hydrogens (tertiary/aromatic N) is 2. The second kappa shape index (κ2) is 7.54. The quantitative estimate of drug-likeness (QED) is 0.759. The summed E-state index contributed by atoms with van der Waals surface area (Å²) in [7, 11) is 1.77. The van der Waals surface area contributed by atoms with Crippen LogP contribution in [0.5, 0.6) is 0 Å². The van der Waals surface area contributed by atoms with Gasteiger partial charge in [-0.1, -0.05) is 15.9 Å². The monoisotopic (exact) mass is 435 g/mol. The maximum absolute atomic E-state index is 12.8. The van der Waals surface area contributed by atoms with Crippen LogP contribution in [0.2, 0.25) is 0 Å². The Morgan fingerprint density at radius 3 is 2.52 bits per heavy atom. The second-order valence-electron chi connectivity index (χ2n) is 8.03. The summed E-state index contributed by atoms with van der Waals surface area (Å²) in [6.07, 6.45) is 1.18. The molecule has 0 saturated carbocycles. The summed E-state index contributed by atoms with van der Waals surface area (Å²) in [5, 5.41) is 1.01. The predicted octanol–water partition coefficient (Wildman–Crippen LogP) is 4.40. The molecule has 3 rings (SSSR count). The van der Waals surface area contributed by atoms with E-state index in [0.29, 0.717) is 18.8 Å². The lowest BCUT2D eigenvalue weighted by Gasteiger charge is -2.37. The molecule has 1 aliphatic rings. The number of halogens is 1. The Morgan fingerprint density at radius 2 is 1.89 bits per heavy atom. The zero-order valence-corrected chi connectivity index (χ0v) is 17.8. The number of likely N-dealkylation sites (tertiary alicyclic amines) is 1. The third kappa shape index (κ3) is 4.64. The molecule has 2 aromatic rings. The Bertz CT molecular complexity index is 848. The highest BCUT2D eigenvalue weighted by molar-refractivity contribution is 9.10. The molecule has 1 saturated heterocycles. The van der Waals surface area contributed by atoms with Gasteiger partial charge in [0.05, 0.1) is 0 Å². The Kier molecular flexibility index (Phi) is 5.51. The molecular weight excluding hydrogens is 410 g/mol. The first-order valence-electron chi connectivity index (χ1n) is 9.17. The largest absolute Gasteiger partial charge is 0.444 e. The normalized spacial score (nSPS) is 15.8. The zero-order valence-electron chi connectivity index (χ0n) is 16.2. The van der Waals surface area contributed by atoms with Crippen molar-refractivity contribution in [3.8, 4) is 0 Å². The molecule has 146 valence electrons. The van der Waals surface area contributed by atoms with Crippen LogP contribution in [0.15, 0.2) is 28.7 Å². The maximum Gasteiger partial charge on any atom is 0.410 e. The van der Waals surface area contributed by atoms with Crippen LogP contribution in [0.25, 0.3) is 10.9 Å². The maximum atomic E-state index is 12.8. The van der Waals surface area contributed by atoms with Gasteiger partial charge in [0.25, 0.3) is 5.91 Å². The van der Waals surface area contributed by atoms with Crippen molar-refractivity contribution >= 4 is 38.8 Å². The van der Waals surface area contributed by atoms with Gasteiger partial charge in [0.15, 0.2) is 0 Å². The van der Waals surface area contributed by atoms with Crippen molar-refractivity contribution in [1.82, 2.24) is 14.8 Å². The van der Waals surface area contributed by atoms with Crippen molar-refractivity contribution in [3.63, 3.8) is 0 Å². The average Bonchev–Trinajstić information content (AvgIpc) is 3.02. The Morgan fingerprint density at radius 1 is 1.22 bits per heavy atom. The molecule has 6 nitrogen and oxygen atoms in total. The summed E-state index contributed by atoms with van der Waals surface area (Å²) >= 11 is 3.45. The highest BCUT2D eigenvalue weighted by Crippen LogP contribution is 2.23. The van der Waals surface area contributed by atoms with E-state index in [2.05, 4.69) is 20.9 Å². The van der Waals surface area contributed by atoms with Gasteiger partial charge >= 0.3 is 6.09 Å². The first kappa shape index (κ1) is 19.7. The van der Waals surface area contributed by atoms with Crippen molar-refractivity contribution in [1.29, 1.82) is 0 Å². The van der Waals surface area contributed by atoms with Gasteiger partial charge in [0.2, 0.25) is 0 Å². The van der Waals surface area contributed by atoms with Crippen molar-refractivity contribution in [3.05, 3.63) is 34.4 Å². The lowest BCUT2D eigenvalue weighted by Crippen LogP contribution is -2.48. The van der Waals surface area contributed by atoms with Crippen molar-refractivity contribution in [2.45, 2.75) is 45.3 Å². The highest BCUT2D eigenvalue weighted by Gasteiger charge is 2.30. The molecule has 0 radical (unpaired) electrons. The molecule has 2 amide bonds. The van der Waals surface area contributed by atoms with Crippen LogP contribution < -0.4 is 0 Å². The molecule has 1 aromatic carbocycles. The van der Waals surface area contributed by atoms with E-state index in [4.69, 9.17) is 4.74 Å². The standard InChI is InChI=1S/C20H26BrN3O3/c1-20(2,3)27-19(26)23(4)15-7-9-24(10-8-15)18(25)17-12-13-11-14(21)5-6-16(13)22-17/h5-6,11-12,15,22H,7-10H2,1-4H3. The van der Waals surface area contributed by atoms with Gasteiger partial charge in [-0.2, -0.15) is 0 Å². The number of hydrogen-bond donors (Lipinski definition) is 1. The number of H-pyrrole nitrogens is 1. The average molecular weight is 436 g/mol. The van der Waals surface area contributed by atoms with Gasteiger partial charge in [-0.25, -0.2) is 4.79 Å². The first-order valence-corrected chi connectivity index (χ1v) is 9.97. The van der Waals surface area contributed by atoms with E-state index in [1.807, 2.05) is 49.9 Å². The molecule has 1 fully saturated rings. The minimum atomic E-state index is -0.507. The molecule has 7 heteroatoms. The number of carbonyl (C=O) groups is 2. The number of carbonyl (C=O) groups excluding carboxylic acids is 2. The fourth-order valence-electron chi connectivity index (χ4n) is 3.33. The van der Waals surface area contributed by atoms with Gasteiger partial charge in [0.1, 0.15) is 11.3 Å². The van der Waals surface area contributed by atoms with Gasteiger partial charge in [-0.3, -0.25) is 4.79 Å². The molecule has 1 aliphatic heterocycles. The van der Waals surface area contributed by atoms with Crippen LogP contribution in [0, 0.1) is 0 Å². The second-order valence-corrected chi connectivity index (χ2v) is 8.94. The number of rotatable bonds is 2. The van der Waals surface area contributed by atoms with Crippen molar-refractivity contribution < 1.29 is 14.3 Å². The van der Waals surface area contributed by atoms with Crippen LogP contribution >= 0.6 is 15.9 Å². The smallest absolute Gasteiger partial charge is 0.410 e. The Balaban J connectivity index is 1.61. The number of fused-ring (bicyclic) bond motifs is 1. The number of piperidine rings is 1. The lowest BCUT2D eigenvalue weighted by molar-refractivity contribution is 0.0155. The topological polar surface area (TPSA) is 65.6 Å². The summed E-state index contributed by atoms with van der Waals surface area (Å²) in [5.41, 5.74) is 1.04. The number of nitrogens with one attached hydrogen (secondary N) is 1. The molecular formula is C20H26BrN3O3. The van der Waals surface area contributed by atoms with E-state index in [-0.39, 0.29) is 18.0 Å². The number of aromatic nitrogens is 1. The van der Waals surface area contributed by atoms with Gasteiger partial charge in [-0.05, 0) is 57.9 Å². The number of aromatic amines is 1. The molecule has 0 atom stereocenters. The zero-order chi connectivity index (χ0) is 19.8. The predicted molar refractivity (Wildman–Crippen MR) is 109 cm³/mol. The summed E-state index contributed by atoms with van der Waals surface area (Å²) < 4.78 is 6.42. The Labute approximate surface area is 168 Å². The summed E-state index contributed by atoms with van der Waals surface area (Å²) in [4.78, 5) is 31.8. The fourth-order valence-corrected chi connectivity index (χ4v) is 3.71. The van der Waals surface area contributed by atoms with E-state index in [1.54, 1.807) is 11.9 Å². The van der Waals surface area contributed by atoms with Gasteiger partial charge < -0.3 is 19.5 Å². The van der Waals surface area contributed by atoms with Crippen LogP contribution in [0.4, 0.5) is 4.79 Å². The van der Waals surface area contributed by atoms with Crippen LogP contribution in [-0.2, 0) is 4.74 Å². The summed E-state index contributed by atoms with van der Waals surface area (Å²) in [6.45, 7) is 6.82. The lowest BCUT2D eigenvalue weighted by atomic mass is 10.0. The number of amides is 2. The number of ether oxygens (including phenoxy) is 1. The summed E-state index contributed by atoms with van der Waals surface area (Å²) in [6, 6.07) is 7.87. The van der Waals surface area contributed by atoms with Crippen LogP contribution in [0.3, 0.4) is 0 Å². The molecule has 2 heterocycles. The highest BCUT2D eigenvalue weighted by atomic mass is 79.9. The minimum Gasteiger partial charge on any atom is -0.444 e. The van der Waals surface area contributed by atoms with Gasteiger partial charge in [0, 0.05) is 41.6 Å². The number of hydrogen-bond acceptors (Lipinski definition) is 3. The molecule has 0 bridgehead atoms. The SMILES string of the molecule is CN(C(=O)OC(C)(C)C)C1CCN(C(=O)c2cc3cc(Br)ccc3[nH]2)CC1. The molecule has 0 spiro atoms. The summed E-state index contributed by atoms with van der Waals surface area (Å²) in [5.74, 6) is 0.000642. The van der Waals surface area contributed by atoms with E-state index < -0.39 is 5.60 Å². The molecule has 0 aliphatic carbocycles. The molecule has 1 N–H and O–H groups in total. The van der Waals surface area contributed by atoms with Crippen LogP contribution in [0.1, 0.15) is 44.1 Å². The van der Waals surface area contributed by atoms with Crippen molar-refractivity contribution in [2.75, 3.05) is 20.1 Å². The molecule has 1 aromatic heterocycles. The van der Waals surface area contributed by atoms with E-state index >= 15 is 0 Å². The number of benzene rings is 1. The van der Waals surface area contributed by atoms with Gasteiger partial charge in [-0.15, -0.1) is 0 Å². The van der Waals surface area contributed by atoms with Crippen molar-refractivity contribution in [2.24, 2.45) is 0 Å². The third-order valence-electron chi connectivity index (χ3n) is 4.79.